The lowest BCUT2D eigenvalue weighted by Crippen LogP contribution is -2.70. The van der Waals surface area contributed by atoms with Crippen molar-refractivity contribution in [3.63, 3.8) is 0 Å². The van der Waals surface area contributed by atoms with Crippen molar-refractivity contribution in [2.24, 2.45) is 5.92 Å². The van der Waals surface area contributed by atoms with Crippen molar-refractivity contribution in [2.75, 3.05) is 19.7 Å². The monoisotopic (exact) mass is 408 g/mol. The molecule has 0 aromatic carbocycles. The van der Waals surface area contributed by atoms with Gasteiger partial charge in [0.1, 0.15) is 12.1 Å². The van der Waals surface area contributed by atoms with E-state index in [1.165, 1.54) is 11.0 Å². The summed E-state index contributed by atoms with van der Waals surface area (Å²) in [6.45, 7) is 0.176. The molecule has 0 aromatic rings. The summed E-state index contributed by atoms with van der Waals surface area (Å²) < 4.78 is 71.7. The number of carbonyl (C=O) groups is 2. The maximum Gasteiger partial charge on any atom is 0.413 e. The maximum atomic E-state index is 13.6. The number of cyclic esters (lactones) is 1. The summed E-state index contributed by atoms with van der Waals surface area (Å²) in [5.74, 6) is -1.92. The van der Waals surface area contributed by atoms with E-state index < -0.39 is 52.5 Å². The van der Waals surface area contributed by atoms with Gasteiger partial charge in [-0.05, 0) is 0 Å². The van der Waals surface area contributed by atoms with E-state index in [0.29, 0.717) is 11.8 Å². The van der Waals surface area contributed by atoms with Gasteiger partial charge in [0.25, 0.3) is 12.3 Å². The Kier molecular flexibility index (Phi) is 4.06. The number of fused-ring (bicyclic) bond motifs is 1. The number of nitrogens with one attached hydrogen (secondary N) is 1. The average Bonchev–Trinajstić information content (AvgIpc) is 3.12. The molecule has 2 atom stereocenters. The standard InChI is InChI=1S/C16H13F5N2O3S/c17-12(18)9-7-2-1-3-8(16(19,20)21)10(7)27-11(9)13(24)23-4-15(5-23)6-26-14(25)22-15/h1-3,7,10,12H,4-6H2,(H,22,25). The molecule has 2 fully saturated rings. The fraction of sp³-hybridized carbons (Fsp3) is 0.500. The van der Waals surface area contributed by atoms with Crippen LogP contribution in [0.4, 0.5) is 26.7 Å². The van der Waals surface area contributed by atoms with E-state index in [2.05, 4.69) is 5.32 Å². The van der Waals surface area contributed by atoms with E-state index in [1.807, 2.05) is 0 Å². The van der Waals surface area contributed by atoms with Crippen molar-refractivity contribution in [1.82, 2.24) is 10.2 Å². The molecule has 1 N–H and O–H groups in total. The molecule has 4 aliphatic rings. The summed E-state index contributed by atoms with van der Waals surface area (Å²) >= 11 is 0.533. The zero-order valence-electron chi connectivity index (χ0n) is 13.6. The number of ether oxygens (including phenoxy) is 1. The topological polar surface area (TPSA) is 58.6 Å². The molecule has 146 valence electrons. The van der Waals surface area contributed by atoms with Gasteiger partial charge in [-0.25, -0.2) is 13.6 Å². The van der Waals surface area contributed by atoms with Gasteiger partial charge in [0.05, 0.1) is 4.91 Å². The van der Waals surface area contributed by atoms with Crippen molar-refractivity contribution in [1.29, 1.82) is 0 Å². The van der Waals surface area contributed by atoms with Crippen LogP contribution >= 0.6 is 11.8 Å². The predicted octanol–water partition coefficient (Wildman–Crippen LogP) is 2.62. The van der Waals surface area contributed by atoms with Crippen LogP contribution in [0.15, 0.2) is 34.3 Å². The third kappa shape index (κ3) is 2.91. The zero-order chi connectivity index (χ0) is 19.6. The minimum absolute atomic E-state index is 0.0540. The zero-order valence-corrected chi connectivity index (χ0v) is 14.4. The number of alkyl carbamates (subject to hydrolysis) is 1. The number of hydrogen-bond donors (Lipinski definition) is 1. The summed E-state index contributed by atoms with van der Waals surface area (Å²) in [5, 5.41) is 1.25. The maximum absolute atomic E-state index is 13.6. The molecule has 11 heteroatoms. The third-order valence-electron chi connectivity index (χ3n) is 4.97. The Morgan fingerprint density at radius 3 is 2.63 bits per heavy atom. The van der Waals surface area contributed by atoms with Gasteiger partial charge in [-0.2, -0.15) is 13.2 Å². The molecule has 27 heavy (non-hydrogen) atoms. The summed E-state index contributed by atoms with van der Waals surface area (Å²) in [5.41, 5.74) is -2.25. The number of alkyl halides is 5. The average molecular weight is 408 g/mol. The Balaban J connectivity index is 1.57. The minimum Gasteiger partial charge on any atom is -0.447 e. The SMILES string of the molecule is O=C1NC2(CO1)CN(C(=O)C1=C(C(F)F)C3C=CC=C(C(F)(F)F)C3S1)C2. The highest BCUT2D eigenvalue weighted by Crippen LogP contribution is 2.53. The van der Waals surface area contributed by atoms with Crippen LogP contribution in [0, 0.1) is 5.92 Å². The number of thioether (sulfide) groups is 1. The van der Waals surface area contributed by atoms with Crippen LogP contribution in [0.25, 0.3) is 0 Å². The van der Waals surface area contributed by atoms with Crippen molar-refractivity contribution in [2.45, 2.75) is 23.4 Å². The smallest absolute Gasteiger partial charge is 0.413 e. The molecule has 1 aliphatic carbocycles. The van der Waals surface area contributed by atoms with Gasteiger partial charge in [-0.1, -0.05) is 18.2 Å². The van der Waals surface area contributed by atoms with E-state index in [0.717, 1.165) is 12.2 Å². The summed E-state index contributed by atoms with van der Waals surface area (Å²) in [7, 11) is 0. The van der Waals surface area contributed by atoms with Gasteiger partial charge < -0.3 is 15.0 Å². The van der Waals surface area contributed by atoms with Crippen LogP contribution in [0.5, 0.6) is 0 Å². The van der Waals surface area contributed by atoms with Gasteiger partial charge >= 0.3 is 12.3 Å². The lowest BCUT2D eigenvalue weighted by atomic mass is 9.86. The first-order chi connectivity index (χ1) is 12.6. The second-order valence-electron chi connectivity index (χ2n) is 6.80. The highest BCUT2D eigenvalue weighted by molar-refractivity contribution is 8.05. The first-order valence-electron chi connectivity index (χ1n) is 8.00. The summed E-state index contributed by atoms with van der Waals surface area (Å²) in [4.78, 5) is 24.7. The fourth-order valence-electron chi connectivity index (χ4n) is 3.73. The van der Waals surface area contributed by atoms with Crippen LogP contribution in [0.1, 0.15) is 0 Å². The highest BCUT2D eigenvalue weighted by atomic mass is 32.2. The molecule has 0 saturated carbocycles. The molecule has 1 spiro atoms. The van der Waals surface area contributed by atoms with Crippen LogP contribution in [-0.2, 0) is 9.53 Å². The molecule has 0 radical (unpaired) electrons. The van der Waals surface area contributed by atoms with Gasteiger partial charge in [0, 0.05) is 35.4 Å². The third-order valence-corrected chi connectivity index (χ3v) is 6.42. The largest absolute Gasteiger partial charge is 0.447 e. The van der Waals surface area contributed by atoms with Gasteiger partial charge in [-0.3, -0.25) is 4.79 Å². The quantitative estimate of drug-likeness (QED) is 0.714. The Labute approximate surface area is 154 Å². The second kappa shape index (κ2) is 5.98. The van der Waals surface area contributed by atoms with Crippen molar-refractivity contribution < 1.29 is 36.3 Å². The number of carbonyl (C=O) groups excluding carboxylic acids is 2. The van der Waals surface area contributed by atoms with Gasteiger partial charge in [0.2, 0.25) is 0 Å². The molecule has 0 aromatic heterocycles. The molecule has 0 bridgehead atoms. The van der Waals surface area contributed by atoms with Crippen LogP contribution in [0.2, 0.25) is 0 Å². The predicted molar refractivity (Wildman–Crippen MR) is 85.0 cm³/mol. The van der Waals surface area contributed by atoms with Crippen molar-refractivity contribution >= 4 is 23.8 Å². The van der Waals surface area contributed by atoms with E-state index in [1.54, 1.807) is 0 Å². The van der Waals surface area contributed by atoms with Crippen LogP contribution < -0.4 is 5.32 Å². The van der Waals surface area contributed by atoms with E-state index >= 15 is 0 Å². The number of hydrogen-bond acceptors (Lipinski definition) is 4. The number of amides is 2. The first kappa shape index (κ1) is 18.3. The summed E-state index contributed by atoms with van der Waals surface area (Å²) in [6, 6.07) is 0. The molecule has 3 heterocycles. The number of likely N-dealkylation sites (tertiary alicyclic amines) is 1. The molecular formula is C16H13F5N2O3S. The normalized spacial score (nSPS) is 28.9. The van der Waals surface area contributed by atoms with Crippen LogP contribution in [0.3, 0.4) is 0 Å². The number of halogens is 5. The Morgan fingerprint density at radius 2 is 2.07 bits per heavy atom. The van der Waals surface area contributed by atoms with Crippen molar-refractivity contribution in [3.8, 4) is 0 Å². The molecule has 4 rings (SSSR count). The molecule has 3 aliphatic heterocycles. The van der Waals surface area contributed by atoms with E-state index in [-0.39, 0.29) is 24.6 Å². The molecular weight excluding hydrogens is 395 g/mol. The summed E-state index contributed by atoms with van der Waals surface area (Å²) in [6.07, 6.45) is -5.11. The minimum atomic E-state index is -4.67. The number of rotatable bonds is 2. The molecule has 2 unspecified atom stereocenters. The van der Waals surface area contributed by atoms with E-state index in [9.17, 15) is 31.5 Å². The Bertz CT molecular complexity index is 798. The number of allylic oxidation sites excluding steroid dienone is 4. The highest BCUT2D eigenvalue weighted by Gasteiger charge is 2.55. The van der Waals surface area contributed by atoms with Gasteiger partial charge in [-0.15, -0.1) is 11.8 Å². The van der Waals surface area contributed by atoms with Crippen molar-refractivity contribution in [3.05, 3.63) is 34.3 Å². The van der Waals surface area contributed by atoms with Crippen LogP contribution in [-0.4, -0.2) is 60.0 Å². The molecule has 5 nitrogen and oxygen atoms in total. The fourth-order valence-corrected chi connectivity index (χ4v) is 5.29. The first-order valence-corrected chi connectivity index (χ1v) is 8.88. The lowest BCUT2D eigenvalue weighted by Gasteiger charge is -2.46. The molecule has 2 amide bonds. The Morgan fingerprint density at radius 1 is 1.37 bits per heavy atom. The second-order valence-corrected chi connectivity index (χ2v) is 7.95. The molecule has 2 saturated heterocycles. The van der Waals surface area contributed by atoms with Gasteiger partial charge in [0.15, 0.2) is 0 Å². The number of nitrogens with zero attached hydrogens (tertiary/aromatic N) is 1. The Hall–Kier alpha value is -2.04. The lowest BCUT2D eigenvalue weighted by molar-refractivity contribution is -0.134. The van der Waals surface area contributed by atoms with E-state index in [4.69, 9.17) is 4.74 Å².